The lowest BCUT2D eigenvalue weighted by molar-refractivity contribution is -0.129. The number of aliphatic hydroxyl groups excluding tert-OH is 1. The summed E-state index contributed by atoms with van der Waals surface area (Å²) in [6.45, 7) is 3.95. The van der Waals surface area contributed by atoms with Crippen LogP contribution in [0.5, 0.6) is 5.75 Å². The minimum Gasteiger partial charge on any atom is -0.503 e. The highest BCUT2D eigenvalue weighted by Gasteiger charge is 2.44. The Bertz CT molecular complexity index is 1280. The maximum absolute atomic E-state index is 13.6. The van der Waals surface area contributed by atoms with Crippen molar-refractivity contribution in [2.45, 2.75) is 26.3 Å². The summed E-state index contributed by atoms with van der Waals surface area (Å²) >= 11 is 1.28. The number of aromatic nitrogens is 1. The number of hydrogen-bond donors (Lipinski definition) is 1. The molecule has 2 heterocycles. The fourth-order valence-corrected chi connectivity index (χ4v) is 5.20. The first kappa shape index (κ1) is 24.5. The van der Waals surface area contributed by atoms with Gasteiger partial charge in [-0.3, -0.25) is 9.59 Å². The van der Waals surface area contributed by atoms with Crippen LogP contribution in [0, 0.1) is 13.8 Å². The van der Waals surface area contributed by atoms with Crippen molar-refractivity contribution in [1.29, 1.82) is 0 Å². The first-order chi connectivity index (χ1) is 16.7. The van der Waals surface area contributed by atoms with Crippen LogP contribution in [0.3, 0.4) is 0 Å². The summed E-state index contributed by atoms with van der Waals surface area (Å²) in [6.07, 6.45) is 0.565. The summed E-state index contributed by atoms with van der Waals surface area (Å²) in [7, 11) is 5.51. The number of aliphatic hydroxyl groups is 1. The molecule has 3 aromatic rings. The van der Waals surface area contributed by atoms with E-state index in [0.29, 0.717) is 23.5 Å². The van der Waals surface area contributed by atoms with Crippen LogP contribution in [0.2, 0.25) is 0 Å². The largest absolute Gasteiger partial charge is 0.503 e. The Labute approximate surface area is 209 Å². The lowest BCUT2D eigenvalue weighted by Crippen LogP contribution is -2.33. The van der Waals surface area contributed by atoms with Crippen LogP contribution < -0.4 is 9.64 Å². The van der Waals surface area contributed by atoms with Gasteiger partial charge in [-0.1, -0.05) is 24.3 Å². The Kier molecular flexibility index (Phi) is 6.93. The fraction of sp³-hybridized carbons (Fsp3) is 0.296. The molecule has 0 fully saturated rings. The van der Waals surface area contributed by atoms with Crippen molar-refractivity contribution in [2.24, 2.45) is 0 Å². The number of aryl methyl sites for hydroxylation is 2. The Morgan fingerprint density at radius 2 is 1.77 bits per heavy atom. The minimum absolute atomic E-state index is 0.106. The Balaban J connectivity index is 1.71. The zero-order valence-electron chi connectivity index (χ0n) is 20.5. The SMILES string of the molecule is COc1ccc(CCN2C(=O)C(O)=C(C(=O)c3sc(C)nc3C)C2c2ccc(N(C)C)cc2)cc1. The molecule has 1 atom stereocenters. The molecule has 2 aromatic carbocycles. The van der Waals surface area contributed by atoms with Gasteiger partial charge in [0.05, 0.1) is 34.3 Å². The zero-order valence-corrected chi connectivity index (χ0v) is 21.3. The molecule has 0 saturated heterocycles. The molecule has 4 rings (SSSR count). The van der Waals surface area contributed by atoms with Crippen molar-refractivity contribution in [2.75, 3.05) is 32.6 Å². The maximum atomic E-state index is 13.6. The molecule has 1 N–H and O–H groups in total. The van der Waals surface area contributed by atoms with Crippen molar-refractivity contribution in [1.82, 2.24) is 9.88 Å². The molecule has 0 radical (unpaired) electrons. The molecule has 7 nitrogen and oxygen atoms in total. The molecule has 1 aliphatic heterocycles. The predicted octanol–water partition coefficient (Wildman–Crippen LogP) is 4.66. The third kappa shape index (κ3) is 4.79. The number of benzene rings is 2. The predicted molar refractivity (Wildman–Crippen MR) is 137 cm³/mol. The number of amides is 1. The van der Waals surface area contributed by atoms with Gasteiger partial charge >= 0.3 is 0 Å². The van der Waals surface area contributed by atoms with E-state index in [2.05, 4.69) is 4.98 Å². The smallest absolute Gasteiger partial charge is 0.290 e. The highest BCUT2D eigenvalue weighted by Crippen LogP contribution is 2.40. The third-order valence-electron chi connectivity index (χ3n) is 6.18. The number of anilines is 1. The molecular formula is C27H29N3O4S. The maximum Gasteiger partial charge on any atom is 0.290 e. The van der Waals surface area contributed by atoms with Crippen LogP contribution >= 0.6 is 11.3 Å². The van der Waals surface area contributed by atoms with Gasteiger partial charge in [0.1, 0.15) is 5.75 Å². The van der Waals surface area contributed by atoms with Gasteiger partial charge in [-0.05, 0) is 55.7 Å². The number of rotatable bonds is 8. The number of Topliss-reactive ketones (excluding diaryl/α,β-unsaturated/α-hetero) is 1. The van der Waals surface area contributed by atoms with Gasteiger partial charge in [0.15, 0.2) is 5.76 Å². The van der Waals surface area contributed by atoms with Crippen LogP contribution in [0.1, 0.15) is 37.5 Å². The second-order valence-corrected chi connectivity index (χ2v) is 9.93. The summed E-state index contributed by atoms with van der Waals surface area (Å²) in [5.41, 5.74) is 3.49. The Morgan fingerprint density at radius 1 is 1.11 bits per heavy atom. The van der Waals surface area contributed by atoms with Crippen LogP contribution in [0.4, 0.5) is 5.69 Å². The molecule has 1 unspecified atom stereocenters. The van der Waals surface area contributed by atoms with Crippen molar-refractivity contribution in [3.63, 3.8) is 0 Å². The van der Waals surface area contributed by atoms with Gasteiger partial charge in [-0.25, -0.2) is 4.98 Å². The van der Waals surface area contributed by atoms with Gasteiger partial charge < -0.3 is 19.6 Å². The Hall–Kier alpha value is -3.65. The molecule has 1 aliphatic rings. The number of methoxy groups -OCH3 is 1. The number of ether oxygens (including phenoxy) is 1. The van der Waals surface area contributed by atoms with Gasteiger partial charge in [-0.2, -0.15) is 0 Å². The summed E-state index contributed by atoms with van der Waals surface area (Å²) in [6, 6.07) is 14.7. The van der Waals surface area contributed by atoms with Crippen LogP contribution in [0.15, 0.2) is 59.9 Å². The van der Waals surface area contributed by atoms with Crippen LogP contribution in [0.25, 0.3) is 0 Å². The number of carbonyl (C=O) groups excluding carboxylic acids is 2. The standard InChI is InChI=1S/C27H29N3O4S/c1-16-26(35-17(2)28-16)24(31)22-23(19-8-10-20(11-9-19)29(3)4)30(27(33)25(22)32)15-14-18-6-12-21(34-5)13-7-18/h6-13,23,32H,14-15H2,1-5H3. The minimum atomic E-state index is -0.689. The van der Waals surface area contributed by atoms with Gasteiger partial charge in [-0.15, -0.1) is 11.3 Å². The van der Waals surface area contributed by atoms with E-state index in [1.807, 2.05) is 74.4 Å². The summed E-state index contributed by atoms with van der Waals surface area (Å²) in [5.74, 6) is -0.626. The molecular weight excluding hydrogens is 462 g/mol. The van der Waals surface area contributed by atoms with Crippen molar-refractivity contribution in [3.8, 4) is 5.75 Å². The molecule has 1 amide bonds. The third-order valence-corrected chi connectivity index (χ3v) is 7.26. The van der Waals surface area contributed by atoms with Crippen molar-refractivity contribution < 1.29 is 19.4 Å². The first-order valence-electron chi connectivity index (χ1n) is 11.3. The molecule has 0 spiro atoms. The number of ketones is 1. The average Bonchev–Trinajstić information content (AvgIpc) is 3.32. The number of hydrogen-bond acceptors (Lipinski definition) is 7. The lowest BCUT2D eigenvalue weighted by atomic mass is 9.94. The van der Waals surface area contributed by atoms with E-state index in [1.165, 1.54) is 11.3 Å². The van der Waals surface area contributed by atoms with E-state index < -0.39 is 17.7 Å². The van der Waals surface area contributed by atoms with E-state index in [0.717, 1.165) is 27.6 Å². The van der Waals surface area contributed by atoms with Gasteiger partial charge in [0, 0.05) is 26.3 Å². The highest BCUT2D eigenvalue weighted by atomic mass is 32.1. The molecule has 1 aromatic heterocycles. The molecule has 182 valence electrons. The summed E-state index contributed by atoms with van der Waals surface area (Å²) < 4.78 is 5.22. The molecule has 35 heavy (non-hydrogen) atoms. The summed E-state index contributed by atoms with van der Waals surface area (Å²) in [5, 5.41) is 11.7. The van der Waals surface area contributed by atoms with Crippen LogP contribution in [-0.2, 0) is 11.2 Å². The fourth-order valence-electron chi connectivity index (χ4n) is 4.32. The monoisotopic (exact) mass is 491 g/mol. The Morgan fingerprint density at radius 3 is 2.31 bits per heavy atom. The average molecular weight is 492 g/mol. The van der Waals surface area contributed by atoms with Crippen molar-refractivity contribution >= 4 is 28.7 Å². The van der Waals surface area contributed by atoms with Gasteiger partial charge in [0.2, 0.25) is 5.78 Å². The molecule has 0 bridgehead atoms. The zero-order chi connectivity index (χ0) is 25.3. The lowest BCUT2D eigenvalue weighted by Gasteiger charge is -2.27. The summed E-state index contributed by atoms with van der Waals surface area (Å²) in [4.78, 5) is 35.3. The van der Waals surface area contributed by atoms with E-state index in [9.17, 15) is 14.7 Å². The van der Waals surface area contributed by atoms with Crippen molar-refractivity contribution in [3.05, 3.63) is 86.6 Å². The number of carbonyl (C=O) groups is 2. The molecule has 0 aliphatic carbocycles. The second kappa shape index (κ2) is 9.92. The molecule has 0 saturated carbocycles. The topological polar surface area (TPSA) is 83.0 Å². The normalized spacial score (nSPS) is 15.6. The second-order valence-electron chi connectivity index (χ2n) is 8.72. The number of nitrogens with zero attached hydrogens (tertiary/aromatic N) is 3. The van der Waals surface area contributed by atoms with E-state index in [1.54, 1.807) is 18.9 Å². The highest BCUT2D eigenvalue weighted by molar-refractivity contribution is 7.14. The first-order valence-corrected chi connectivity index (χ1v) is 12.2. The van der Waals surface area contributed by atoms with E-state index in [-0.39, 0.29) is 11.4 Å². The van der Waals surface area contributed by atoms with E-state index >= 15 is 0 Å². The number of thiazole rings is 1. The van der Waals surface area contributed by atoms with Gasteiger partial charge in [0.25, 0.3) is 5.91 Å². The van der Waals surface area contributed by atoms with Crippen LogP contribution in [-0.4, -0.2) is 54.4 Å². The van der Waals surface area contributed by atoms with E-state index in [4.69, 9.17) is 4.74 Å². The quantitative estimate of drug-likeness (QED) is 0.462. The molecule has 8 heteroatoms.